The Morgan fingerprint density at radius 2 is 1.79 bits per heavy atom. The second-order valence-corrected chi connectivity index (χ2v) is 9.92. The van der Waals surface area contributed by atoms with Crippen LogP contribution in [-0.4, -0.2) is 43.3 Å². The molecule has 1 amide bonds. The van der Waals surface area contributed by atoms with E-state index >= 15 is 0 Å². The van der Waals surface area contributed by atoms with Gasteiger partial charge in [0.25, 0.3) is 11.7 Å². The molecule has 1 aliphatic rings. The summed E-state index contributed by atoms with van der Waals surface area (Å²) in [4.78, 5) is 19.8. The van der Waals surface area contributed by atoms with Gasteiger partial charge in [0, 0.05) is 48.7 Å². The molecule has 2 N–H and O–H groups in total. The number of carbonyl (C=O) groups is 1. The summed E-state index contributed by atoms with van der Waals surface area (Å²) in [5.74, 6) is -1.59. The van der Waals surface area contributed by atoms with Gasteiger partial charge >= 0.3 is 0 Å². The van der Waals surface area contributed by atoms with Crippen LogP contribution in [0.3, 0.4) is 0 Å². The number of anilines is 2. The number of aromatic nitrogens is 1. The minimum atomic E-state index is -2.55. The number of carbonyl (C=O) groups excluding carboxylic acids is 1. The molecular formula is C26H30F2N4OS. The fourth-order valence-corrected chi connectivity index (χ4v) is 5.14. The quantitative estimate of drug-likeness (QED) is 0.383. The lowest BCUT2D eigenvalue weighted by Crippen LogP contribution is -2.34. The van der Waals surface area contributed by atoms with Crippen molar-refractivity contribution in [1.29, 1.82) is 0 Å². The van der Waals surface area contributed by atoms with Crippen LogP contribution in [0, 0.1) is 5.92 Å². The molecule has 4 rings (SSSR count). The van der Waals surface area contributed by atoms with E-state index in [0.29, 0.717) is 40.7 Å². The number of halogens is 2. The van der Waals surface area contributed by atoms with Crippen LogP contribution in [0.5, 0.6) is 0 Å². The fourth-order valence-electron chi connectivity index (χ4n) is 4.51. The molecule has 1 aliphatic carbocycles. The molecule has 0 bridgehead atoms. The van der Waals surface area contributed by atoms with E-state index in [1.807, 2.05) is 32.3 Å². The summed E-state index contributed by atoms with van der Waals surface area (Å²) in [7, 11) is 4.07. The highest BCUT2D eigenvalue weighted by molar-refractivity contribution is 7.99. The minimum absolute atomic E-state index is 0.291. The van der Waals surface area contributed by atoms with Crippen molar-refractivity contribution in [3.63, 3.8) is 0 Å². The molecule has 8 heteroatoms. The summed E-state index contributed by atoms with van der Waals surface area (Å²) in [5.41, 5.74) is 2.41. The molecule has 3 aromatic rings. The van der Waals surface area contributed by atoms with E-state index in [2.05, 4.69) is 27.7 Å². The van der Waals surface area contributed by atoms with Crippen molar-refractivity contribution in [3.8, 4) is 0 Å². The van der Waals surface area contributed by atoms with Gasteiger partial charge in [0.1, 0.15) is 5.82 Å². The maximum atomic E-state index is 12.8. The zero-order valence-electron chi connectivity index (χ0n) is 19.4. The average Bonchev–Trinajstić information content (AvgIpc) is 2.83. The molecule has 0 unspecified atom stereocenters. The van der Waals surface area contributed by atoms with Gasteiger partial charge < -0.3 is 15.5 Å². The molecule has 0 aliphatic heterocycles. The number of amides is 1. The molecule has 1 heterocycles. The van der Waals surface area contributed by atoms with Crippen LogP contribution in [-0.2, 0) is 0 Å². The van der Waals surface area contributed by atoms with Crippen LogP contribution in [0.2, 0.25) is 0 Å². The molecule has 0 radical (unpaired) electrons. The van der Waals surface area contributed by atoms with Crippen LogP contribution in [0.25, 0.3) is 10.9 Å². The van der Waals surface area contributed by atoms with E-state index in [1.165, 1.54) is 0 Å². The van der Waals surface area contributed by atoms with Gasteiger partial charge in [0.15, 0.2) is 0 Å². The van der Waals surface area contributed by atoms with E-state index < -0.39 is 5.76 Å². The summed E-state index contributed by atoms with van der Waals surface area (Å²) in [6.45, 7) is 0.554. The largest absolute Gasteiger partial charge is 0.377 e. The van der Waals surface area contributed by atoms with E-state index in [0.717, 1.165) is 48.1 Å². The molecule has 0 atom stereocenters. The number of alkyl halides is 2. The third-order valence-corrected chi connectivity index (χ3v) is 7.06. The molecule has 180 valence electrons. The molecule has 5 nitrogen and oxygen atoms in total. The third-order valence-electron chi connectivity index (χ3n) is 6.27. The number of rotatable bonds is 8. The van der Waals surface area contributed by atoms with E-state index in [-0.39, 0.29) is 5.91 Å². The summed E-state index contributed by atoms with van der Waals surface area (Å²) >= 11 is 0.408. The SMILES string of the molecule is CN(C)c1cc(N[C@H]2CC[C@@H](CNC(=O)c3ccccc3SC(F)F)CC2)nc2ccccc12. The predicted molar refractivity (Wildman–Crippen MR) is 136 cm³/mol. The lowest BCUT2D eigenvalue weighted by atomic mass is 9.86. The first-order valence-corrected chi connectivity index (χ1v) is 12.4. The number of pyridine rings is 1. The van der Waals surface area contributed by atoms with Gasteiger partial charge in [0.05, 0.1) is 11.1 Å². The zero-order chi connectivity index (χ0) is 24.1. The van der Waals surface area contributed by atoms with Crippen molar-refractivity contribution in [3.05, 3.63) is 60.2 Å². The number of fused-ring (bicyclic) bond motifs is 1. The Bertz CT molecular complexity index is 1130. The first-order chi connectivity index (χ1) is 16.4. The van der Waals surface area contributed by atoms with Crippen molar-refractivity contribution < 1.29 is 13.6 Å². The van der Waals surface area contributed by atoms with Crippen molar-refractivity contribution in [1.82, 2.24) is 10.3 Å². The first kappa shape index (κ1) is 24.3. The van der Waals surface area contributed by atoms with Gasteiger partial charge in [-0.2, -0.15) is 8.78 Å². The molecule has 1 aromatic heterocycles. The number of nitrogens with zero attached hydrogens (tertiary/aromatic N) is 2. The Morgan fingerprint density at radius 1 is 1.09 bits per heavy atom. The number of hydrogen-bond acceptors (Lipinski definition) is 5. The Hall–Kier alpha value is -2.87. The first-order valence-electron chi connectivity index (χ1n) is 11.6. The molecule has 1 fully saturated rings. The van der Waals surface area contributed by atoms with Crippen LogP contribution in [0.1, 0.15) is 36.0 Å². The predicted octanol–water partition coefficient (Wildman–Crippen LogP) is 6.02. The Balaban J connectivity index is 1.31. The molecule has 0 spiro atoms. The van der Waals surface area contributed by atoms with Gasteiger partial charge in [-0.1, -0.05) is 42.1 Å². The highest BCUT2D eigenvalue weighted by Gasteiger charge is 2.23. The normalized spacial score (nSPS) is 18.1. The van der Waals surface area contributed by atoms with Crippen LogP contribution < -0.4 is 15.5 Å². The van der Waals surface area contributed by atoms with Gasteiger partial charge in [-0.05, 0) is 49.8 Å². The highest BCUT2D eigenvalue weighted by atomic mass is 32.2. The fraction of sp³-hybridized carbons (Fsp3) is 0.385. The number of hydrogen-bond donors (Lipinski definition) is 2. The van der Waals surface area contributed by atoms with Crippen LogP contribution in [0.15, 0.2) is 59.5 Å². The lowest BCUT2D eigenvalue weighted by Gasteiger charge is -2.30. The van der Waals surface area contributed by atoms with Gasteiger partial charge in [-0.15, -0.1) is 0 Å². The lowest BCUT2D eigenvalue weighted by molar-refractivity contribution is 0.0940. The number of para-hydroxylation sites is 1. The van der Waals surface area contributed by atoms with Crippen LogP contribution in [0.4, 0.5) is 20.3 Å². The van der Waals surface area contributed by atoms with E-state index in [4.69, 9.17) is 4.98 Å². The second kappa shape index (κ2) is 11.0. The molecule has 34 heavy (non-hydrogen) atoms. The summed E-state index contributed by atoms with van der Waals surface area (Å²) in [6.07, 6.45) is 3.95. The Morgan fingerprint density at radius 3 is 2.53 bits per heavy atom. The molecule has 1 saturated carbocycles. The van der Waals surface area contributed by atoms with Gasteiger partial charge in [-0.25, -0.2) is 4.98 Å². The minimum Gasteiger partial charge on any atom is -0.377 e. The highest BCUT2D eigenvalue weighted by Crippen LogP contribution is 2.31. The topological polar surface area (TPSA) is 57.3 Å². The Kier molecular flexibility index (Phi) is 7.88. The third kappa shape index (κ3) is 5.97. The standard InChI is InChI=1S/C26H30F2N4OS/c1-32(2)22-15-24(31-21-9-5-3-7-19(21)22)30-18-13-11-17(12-14-18)16-29-25(33)20-8-4-6-10-23(20)34-26(27)28/h3-10,15,17-18,26H,11-14,16H2,1-2H3,(H,29,33)(H,30,31)/t17-,18+. The Labute approximate surface area is 203 Å². The monoisotopic (exact) mass is 484 g/mol. The number of thioether (sulfide) groups is 1. The van der Waals surface area contributed by atoms with E-state index in [9.17, 15) is 13.6 Å². The van der Waals surface area contributed by atoms with Crippen molar-refractivity contribution in [2.45, 2.75) is 42.4 Å². The zero-order valence-corrected chi connectivity index (χ0v) is 20.2. The van der Waals surface area contributed by atoms with Crippen molar-refractivity contribution in [2.24, 2.45) is 5.92 Å². The molecule has 2 aromatic carbocycles. The smallest absolute Gasteiger partial charge is 0.288 e. The molecular weight excluding hydrogens is 454 g/mol. The summed E-state index contributed by atoms with van der Waals surface area (Å²) in [5, 5.41) is 7.69. The van der Waals surface area contributed by atoms with Gasteiger partial charge in [-0.3, -0.25) is 4.79 Å². The summed E-state index contributed by atoms with van der Waals surface area (Å²) in [6, 6.07) is 17.1. The number of nitrogens with one attached hydrogen (secondary N) is 2. The maximum absolute atomic E-state index is 12.8. The second-order valence-electron chi connectivity index (χ2n) is 8.88. The van der Waals surface area contributed by atoms with E-state index in [1.54, 1.807) is 24.3 Å². The van der Waals surface area contributed by atoms with Crippen molar-refractivity contribution >= 4 is 40.1 Å². The summed E-state index contributed by atoms with van der Waals surface area (Å²) < 4.78 is 25.6. The number of benzene rings is 2. The average molecular weight is 485 g/mol. The van der Waals surface area contributed by atoms with Crippen LogP contribution >= 0.6 is 11.8 Å². The maximum Gasteiger partial charge on any atom is 0.288 e. The van der Waals surface area contributed by atoms with Crippen molar-refractivity contribution in [2.75, 3.05) is 30.9 Å². The molecule has 0 saturated heterocycles. The van der Waals surface area contributed by atoms with Gasteiger partial charge in [0.2, 0.25) is 0 Å².